The fourth-order valence-corrected chi connectivity index (χ4v) is 2.11. The van der Waals surface area contributed by atoms with E-state index in [1.807, 2.05) is 56.3 Å². The SMILES string of the molecule is CC(C)CCOC(=O)/C=C/C(=O)OCc1ccc2ccccc2c1. The van der Waals surface area contributed by atoms with Gasteiger partial charge in [-0.15, -0.1) is 0 Å². The Morgan fingerprint density at radius 2 is 1.62 bits per heavy atom. The molecule has 0 amide bonds. The molecule has 24 heavy (non-hydrogen) atoms. The summed E-state index contributed by atoms with van der Waals surface area (Å²) in [6.45, 7) is 4.62. The van der Waals surface area contributed by atoms with Gasteiger partial charge in [0.2, 0.25) is 0 Å². The molecule has 0 saturated carbocycles. The van der Waals surface area contributed by atoms with E-state index in [1.165, 1.54) is 0 Å². The Morgan fingerprint density at radius 1 is 0.958 bits per heavy atom. The van der Waals surface area contributed by atoms with E-state index in [2.05, 4.69) is 0 Å². The van der Waals surface area contributed by atoms with E-state index in [0.29, 0.717) is 12.5 Å². The van der Waals surface area contributed by atoms with Gasteiger partial charge in [-0.2, -0.15) is 0 Å². The standard InChI is InChI=1S/C20H22O4/c1-15(2)11-12-23-19(21)9-10-20(22)24-14-16-7-8-17-5-3-4-6-18(17)13-16/h3-10,13,15H,11-12,14H2,1-2H3/b10-9+. The van der Waals surface area contributed by atoms with Gasteiger partial charge in [0, 0.05) is 12.2 Å². The van der Waals surface area contributed by atoms with Crippen molar-refractivity contribution in [2.75, 3.05) is 6.61 Å². The van der Waals surface area contributed by atoms with Crippen LogP contribution >= 0.6 is 0 Å². The summed E-state index contributed by atoms with van der Waals surface area (Å²) in [6, 6.07) is 13.9. The zero-order valence-electron chi connectivity index (χ0n) is 14.0. The number of benzene rings is 2. The molecule has 2 rings (SSSR count). The van der Waals surface area contributed by atoms with Crippen LogP contribution < -0.4 is 0 Å². The smallest absolute Gasteiger partial charge is 0.331 e. The van der Waals surface area contributed by atoms with Crippen molar-refractivity contribution in [3.8, 4) is 0 Å². The first-order valence-corrected chi connectivity index (χ1v) is 8.04. The number of rotatable bonds is 7. The Kier molecular flexibility index (Phi) is 6.55. The maximum Gasteiger partial charge on any atom is 0.331 e. The lowest BCUT2D eigenvalue weighted by molar-refractivity contribution is -0.141. The summed E-state index contributed by atoms with van der Waals surface area (Å²) < 4.78 is 10.1. The molecule has 0 N–H and O–H groups in total. The van der Waals surface area contributed by atoms with E-state index in [-0.39, 0.29) is 6.61 Å². The molecule has 2 aromatic carbocycles. The van der Waals surface area contributed by atoms with Crippen LogP contribution in [0.5, 0.6) is 0 Å². The molecule has 0 saturated heterocycles. The number of carbonyl (C=O) groups excluding carboxylic acids is 2. The second kappa shape index (κ2) is 8.87. The molecule has 0 radical (unpaired) electrons. The van der Waals surface area contributed by atoms with Crippen LogP contribution in [-0.2, 0) is 25.7 Å². The van der Waals surface area contributed by atoms with Gasteiger partial charge >= 0.3 is 11.9 Å². The van der Waals surface area contributed by atoms with Crippen molar-refractivity contribution in [1.29, 1.82) is 0 Å². The van der Waals surface area contributed by atoms with E-state index < -0.39 is 11.9 Å². The van der Waals surface area contributed by atoms with Gasteiger partial charge in [0.1, 0.15) is 6.61 Å². The first kappa shape index (κ1) is 17.7. The largest absolute Gasteiger partial charge is 0.463 e. The molecule has 2 aromatic rings. The molecule has 0 heterocycles. The van der Waals surface area contributed by atoms with E-state index in [9.17, 15) is 9.59 Å². The van der Waals surface area contributed by atoms with Crippen molar-refractivity contribution >= 4 is 22.7 Å². The average Bonchev–Trinajstić information content (AvgIpc) is 2.57. The molecular formula is C20H22O4. The molecule has 4 nitrogen and oxygen atoms in total. The van der Waals surface area contributed by atoms with Gasteiger partial charge in [-0.3, -0.25) is 0 Å². The average molecular weight is 326 g/mol. The molecule has 0 aliphatic carbocycles. The van der Waals surface area contributed by atoms with Gasteiger partial charge < -0.3 is 9.47 Å². The summed E-state index contributed by atoms with van der Waals surface area (Å²) in [4.78, 5) is 23.1. The second-order valence-corrected chi connectivity index (χ2v) is 5.97. The summed E-state index contributed by atoms with van der Waals surface area (Å²) in [5.41, 5.74) is 0.898. The first-order chi connectivity index (χ1) is 11.5. The van der Waals surface area contributed by atoms with E-state index >= 15 is 0 Å². The predicted octanol–water partition coefficient (Wildman–Crippen LogP) is 4.03. The Morgan fingerprint density at radius 3 is 2.33 bits per heavy atom. The van der Waals surface area contributed by atoms with Crippen molar-refractivity contribution in [3.63, 3.8) is 0 Å². The molecule has 0 atom stereocenters. The Balaban J connectivity index is 1.79. The van der Waals surface area contributed by atoms with Gasteiger partial charge in [-0.25, -0.2) is 9.59 Å². The normalized spacial score (nSPS) is 11.1. The van der Waals surface area contributed by atoms with Crippen molar-refractivity contribution in [3.05, 3.63) is 60.2 Å². The third-order valence-corrected chi connectivity index (χ3v) is 3.49. The monoisotopic (exact) mass is 326 g/mol. The summed E-state index contributed by atoms with van der Waals surface area (Å²) in [6.07, 6.45) is 2.99. The Hall–Kier alpha value is -2.62. The van der Waals surface area contributed by atoms with Gasteiger partial charge in [0.05, 0.1) is 6.61 Å². The minimum absolute atomic E-state index is 0.163. The van der Waals surface area contributed by atoms with Gasteiger partial charge in [0.25, 0.3) is 0 Å². The molecule has 0 aliphatic heterocycles. The zero-order chi connectivity index (χ0) is 17.4. The highest BCUT2D eigenvalue weighted by Crippen LogP contribution is 2.16. The molecule has 126 valence electrons. The van der Waals surface area contributed by atoms with Crippen molar-refractivity contribution in [2.24, 2.45) is 5.92 Å². The third-order valence-electron chi connectivity index (χ3n) is 3.49. The van der Waals surface area contributed by atoms with Crippen LogP contribution in [-0.4, -0.2) is 18.5 Å². The van der Waals surface area contributed by atoms with Gasteiger partial charge in [-0.1, -0.05) is 50.2 Å². The third kappa shape index (κ3) is 5.88. The number of hydrogen-bond acceptors (Lipinski definition) is 4. The fourth-order valence-electron chi connectivity index (χ4n) is 2.11. The highest BCUT2D eigenvalue weighted by atomic mass is 16.5. The lowest BCUT2D eigenvalue weighted by atomic mass is 10.1. The van der Waals surface area contributed by atoms with Crippen LogP contribution in [0.25, 0.3) is 10.8 Å². The number of fused-ring (bicyclic) bond motifs is 1. The van der Waals surface area contributed by atoms with Crippen LogP contribution in [0.1, 0.15) is 25.8 Å². The molecule has 4 heteroatoms. The molecule has 0 aliphatic rings. The molecule has 0 fully saturated rings. The van der Waals surface area contributed by atoms with Crippen LogP contribution in [0.2, 0.25) is 0 Å². The summed E-state index contributed by atoms with van der Waals surface area (Å²) >= 11 is 0. The van der Waals surface area contributed by atoms with Crippen LogP contribution in [0.4, 0.5) is 0 Å². The quantitative estimate of drug-likeness (QED) is 0.569. The number of carbonyl (C=O) groups is 2. The minimum atomic E-state index is -0.566. The van der Waals surface area contributed by atoms with Crippen molar-refractivity contribution in [2.45, 2.75) is 26.9 Å². The van der Waals surface area contributed by atoms with E-state index in [0.717, 1.165) is 34.9 Å². The maximum absolute atomic E-state index is 11.6. The van der Waals surface area contributed by atoms with E-state index in [4.69, 9.17) is 9.47 Å². The topological polar surface area (TPSA) is 52.6 Å². The predicted molar refractivity (Wildman–Crippen MR) is 93.3 cm³/mol. The van der Waals surface area contributed by atoms with Gasteiger partial charge in [-0.05, 0) is 34.7 Å². The maximum atomic E-state index is 11.6. The van der Waals surface area contributed by atoms with Crippen LogP contribution in [0, 0.1) is 5.92 Å². The summed E-state index contributed by atoms with van der Waals surface area (Å²) in [5.74, 6) is -0.629. The fraction of sp³-hybridized carbons (Fsp3) is 0.300. The first-order valence-electron chi connectivity index (χ1n) is 8.04. The number of esters is 2. The zero-order valence-corrected chi connectivity index (χ0v) is 14.0. The van der Waals surface area contributed by atoms with Gasteiger partial charge in [0.15, 0.2) is 0 Å². The molecular weight excluding hydrogens is 304 g/mol. The lowest BCUT2D eigenvalue weighted by Crippen LogP contribution is -2.06. The Bertz CT molecular complexity index is 731. The highest BCUT2D eigenvalue weighted by molar-refractivity contribution is 5.91. The van der Waals surface area contributed by atoms with E-state index in [1.54, 1.807) is 0 Å². The van der Waals surface area contributed by atoms with Crippen LogP contribution in [0.15, 0.2) is 54.6 Å². The van der Waals surface area contributed by atoms with Crippen molar-refractivity contribution < 1.29 is 19.1 Å². The molecule has 0 spiro atoms. The lowest BCUT2D eigenvalue weighted by Gasteiger charge is -2.05. The molecule has 0 bridgehead atoms. The van der Waals surface area contributed by atoms with Crippen LogP contribution in [0.3, 0.4) is 0 Å². The second-order valence-electron chi connectivity index (χ2n) is 5.97. The highest BCUT2D eigenvalue weighted by Gasteiger charge is 2.03. The Labute approximate surface area is 142 Å². The number of ether oxygens (including phenoxy) is 2. The van der Waals surface area contributed by atoms with Crippen molar-refractivity contribution in [1.82, 2.24) is 0 Å². The number of hydrogen-bond donors (Lipinski definition) is 0. The summed E-state index contributed by atoms with van der Waals surface area (Å²) in [5, 5.41) is 2.23. The molecule has 0 aromatic heterocycles. The molecule has 0 unspecified atom stereocenters. The summed E-state index contributed by atoms with van der Waals surface area (Å²) in [7, 11) is 0. The minimum Gasteiger partial charge on any atom is -0.463 e.